The molecule has 0 aromatic carbocycles. The van der Waals surface area contributed by atoms with Gasteiger partial charge in [0.2, 0.25) is 0 Å². The fourth-order valence-electron chi connectivity index (χ4n) is 1.48. The van der Waals surface area contributed by atoms with E-state index in [-0.39, 0.29) is 30.9 Å². The molecule has 0 saturated carbocycles. The van der Waals surface area contributed by atoms with Crippen molar-refractivity contribution in [3.05, 3.63) is 11.8 Å². The summed E-state index contributed by atoms with van der Waals surface area (Å²) >= 11 is 0. The minimum absolute atomic E-state index is 0.00588. The molecule has 5 nitrogen and oxygen atoms in total. The normalized spacial score (nSPS) is 20.4. The van der Waals surface area contributed by atoms with Crippen molar-refractivity contribution < 1.29 is 35.3 Å². The summed E-state index contributed by atoms with van der Waals surface area (Å²) in [5.74, 6) is -1.09. The zero-order valence-corrected chi connectivity index (χ0v) is 10.2. The largest absolute Gasteiger partial charge is 0.534 e. The Labute approximate surface area is 102 Å². The zero-order valence-electron chi connectivity index (χ0n) is 9.36. The third kappa shape index (κ3) is 3.62. The van der Waals surface area contributed by atoms with E-state index in [0.717, 1.165) is 0 Å². The smallest absolute Gasteiger partial charge is 0.469 e. The molecule has 1 aliphatic rings. The third-order valence-electron chi connectivity index (χ3n) is 2.35. The number of hydrogen-bond acceptors (Lipinski definition) is 5. The van der Waals surface area contributed by atoms with Crippen LogP contribution in [0.15, 0.2) is 11.8 Å². The van der Waals surface area contributed by atoms with E-state index in [0.29, 0.717) is 0 Å². The van der Waals surface area contributed by atoms with Gasteiger partial charge < -0.3 is 8.92 Å². The highest BCUT2D eigenvalue weighted by Gasteiger charge is 2.49. The van der Waals surface area contributed by atoms with Gasteiger partial charge in [0.25, 0.3) is 0 Å². The number of ether oxygens (including phenoxy) is 1. The van der Waals surface area contributed by atoms with Gasteiger partial charge in [-0.1, -0.05) is 0 Å². The lowest BCUT2D eigenvalue weighted by atomic mass is 10.0. The molecule has 18 heavy (non-hydrogen) atoms. The van der Waals surface area contributed by atoms with Crippen LogP contribution in [0.3, 0.4) is 0 Å². The van der Waals surface area contributed by atoms with Gasteiger partial charge in [0, 0.05) is 12.8 Å². The highest BCUT2D eigenvalue weighted by molar-refractivity contribution is 7.87. The lowest BCUT2D eigenvalue weighted by Gasteiger charge is -2.11. The maximum atomic E-state index is 12.0. The molecule has 0 aliphatic heterocycles. The number of allylic oxidation sites excluding steroid dienone is 2. The van der Waals surface area contributed by atoms with E-state index in [1.165, 1.54) is 13.2 Å². The quantitative estimate of drug-likeness (QED) is 0.447. The van der Waals surface area contributed by atoms with Crippen molar-refractivity contribution in [3.63, 3.8) is 0 Å². The number of hydrogen-bond donors (Lipinski definition) is 0. The second-order valence-corrected chi connectivity index (χ2v) is 5.28. The van der Waals surface area contributed by atoms with E-state index in [1.807, 2.05) is 0 Å². The van der Waals surface area contributed by atoms with E-state index in [2.05, 4.69) is 8.92 Å². The molecule has 0 aromatic rings. The van der Waals surface area contributed by atoms with Crippen molar-refractivity contribution in [3.8, 4) is 0 Å². The molecule has 1 rings (SSSR count). The van der Waals surface area contributed by atoms with Crippen molar-refractivity contribution in [2.24, 2.45) is 5.92 Å². The van der Waals surface area contributed by atoms with Gasteiger partial charge >= 0.3 is 21.6 Å². The molecule has 0 N–H and O–H groups in total. The lowest BCUT2D eigenvalue weighted by Crippen LogP contribution is -2.25. The molecule has 0 saturated heterocycles. The van der Waals surface area contributed by atoms with E-state index in [4.69, 9.17) is 0 Å². The molecule has 1 unspecified atom stereocenters. The van der Waals surface area contributed by atoms with Gasteiger partial charge in [-0.15, -0.1) is 0 Å². The van der Waals surface area contributed by atoms with Crippen LogP contribution in [0.4, 0.5) is 13.2 Å². The molecule has 1 aliphatic carbocycles. The number of carbonyl (C=O) groups excluding carboxylic acids is 1. The fraction of sp³-hybridized carbons (Fsp3) is 0.667. The van der Waals surface area contributed by atoms with E-state index in [9.17, 15) is 26.4 Å². The monoisotopic (exact) mass is 288 g/mol. The summed E-state index contributed by atoms with van der Waals surface area (Å²) in [6.07, 6.45) is 1.48. The van der Waals surface area contributed by atoms with Gasteiger partial charge in [0.15, 0.2) is 0 Å². The van der Waals surface area contributed by atoms with Gasteiger partial charge in [-0.25, -0.2) is 0 Å². The SMILES string of the molecule is COC(=O)CC1CC=C(OS(=O)(=O)C(F)(F)F)C1. The molecule has 0 fully saturated rings. The van der Waals surface area contributed by atoms with Crippen LogP contribution in [-0.4, -0.2) is 27.0 Å². The van der Waals surface area contributed by atoms with Gasteiger partial charge in [-0.2, -0.15) is 21.6 Å². The summed E-state index contributed by atoms with van der Waals surface area (Å²) in [6.45, 7) is 0. The average Bonchev–Trinajstić information content (AvgIpc) is 2.62. The maximum absolute atomic E-state index is 12.0. The molecule has 0 spiro atoms. The Morgan fingerprint density at radius 1 is 1.50 bits per heavy atom. The van der Waals surface area contributed by atoms with E-state index >= 15 is 0 Å². The number of methoxy groups -OCH3 is 1. The summed E-state index contributed by atoms with van der Waals surface area (Å²) in [5.41, 5.74) is -5.45. The van der Waals surface area contributed by atoms with Crippen molar-refractivity contribution >= 4 is 16.1 Å². The van der Waals surface area contributed by atoms with Crippen LogP contribution >= 0.6 is 0 Å². The Hall–Kier alpha value is -1.25. The third-order valence-corrected chi connectivity index (χ3v) is 3.35. The van der Waals surface area contributed by atoms with Crippen LogP contribution in [0.1, 0.15) is 19.3 Å². The Bertz CT molecular complexity index is 451. The molecule has 1 atom stereocenters. The molecular weight excluding hydrogens is 277 g/mol. The zero-order chi connectivity index (χ0) is 14.0. The second kappa shape index (κ2) is 5.17. The van der Waals surface area contributed by atoms with Crippen molar-refractivity contribution in [2.45, 2.75) is 24.8 Å². The van der Waals surface area contributed by atoms with Gasteiger partial charge in [-0.3, -0.25) is 4.79 Å². The Balaban J connectivity index is 2.56. The maximum Gasteiger partial charge on any atom is 0.534 e. The summed E-state index contributed by atoms with van der Waals surface area (Å²) in [4.78, 5) is 10.9. The minimum atomic E-state index is -5.62. The molecule has 0 amide bonds. The van der Waals surface area contributed by atoms with Gasteiger partial charge in [0.1, 0.15) is 5.76 Å². The van der Waals surface area contributed by atoms with Crippen LogP contribution in [0.5, 0.6) is 0 Å². The number of carbonyl (C=O) groups is 1. The highest BCUT2D eigenvalue weighted by atomic mass is 32.2. The molecule has 0 radical (unpaired) electrons. The van der Waals surface area contributed by atoms with Crippen LogP contribution in [0, 0.1) is 5.92 Å². The Morgan fingerprint density at radius 3 is 2.61 bits per heavy atom. The molecule has 104 valence electrons. The first-order valence-electron chi connectivity index (χ1n) is 4.92. The standard InChI is InChI=1S/C9H11F3O5S/c1-16-8(13)5-6-2-3-7(4-6)17-18(14,15)9(10,11)12/h3,6H,2,4-5H2,1H3. The molecular formula is C9H11F3O5S. The summed E-state index contributed by atoms with van der Waals surface area (Å²) in [5, 5.41) is 0. The lowest BCUT2D eigenvalue weighted by molar-refractivity contribution is -0.141. The predicted molar refractivity (Wildman–Crippen MR) is 53.5 cm³/mol. The Kier molecular flexibility index (Phi) is 4.25. The van der Waals surface area contributed by atoms with E-state index in [1.54, 1.807) is 0 Å². The van der Waals surface area contributed by atoms with Crippen LogP contribution < -0.4 is 0 Å². The summed E-state index contributed by atoms with van der Waals surface area (Å²) in [7, 11) is -4.43. The van der Waals surface area contributed by atoms with Crippen molar-refractivity contribution in [1.82, 2.24) is 0 Å². The molecule has 9 heteroatoms. The van der Waals surface area contributed by atoms with Crippen LogP contribution in [0.25, 0.3) is 0 Å². The van der Waals surface area contributed by atoms with Gasteiger partial charge in [0.05, 0.1) is 7.11 Å². The summed E-state index contributed by atoms with van der Waals surface area (Å²) in [6, 6.07) is 0. The highest BCUT2D eigenvalue weighted by Crippen LogP contribution is 2.33. The fourth-order valence-corrected chi connectivity index (χ4v) is 1.99. The summed E-state index contributed by atoms with van der Waals surface area (Å²) < 4.78 is 65.9. The van der Waals surface area contributed by atoms with Gasteiger partial charge in [-0.05, 0) is 18.4 Å². The van der Waals surface area contributed by atoms with Crippen molar-refractivity contribution in [1.29, 1.82) is 0 Å². The topological polar surface area (TPSA) is 69.7 Å². The Morgan fingerprint density at radius 2 is 2.11 bits per heavy atom. The number of halogens is 3. The molecule has 0 aromatic heterocycles. The van der Waals surface area contributed by atoms with E-state index < -0.39 is 21.6 Å². The van der Waals surface area contributed by atoms with Crippen LogP contribution in [-0.2, 0) is 23.8 Å². The first kappa shape index (κ1) is 14.8. The molecule has 0 heterocycles. The number of esters is 1. The number of rotatable bonds is 4. The second-order valence-electron chi connectivity index (χ2n) is 3.74. The molecule has 0 bridgehead atoms. The van der Waals surface area contributed by atoms with Crippen LogP contribution in [0.2, 0.25) is 0 Å². The first-order chi connectivity index (χ1) is 8.15. The van der Waals surface area contributed by atoms with Crippen molar-refractivity contribution in [2.75, 3.05) is 7.11 Å². The average molecular weight is 288 g/mol. The minimum Gasteiger partial charge on any atom is -0.469 e. The predicted octanol–water partition coefficient (Wildman–Crippen LogP) is 1.71. The first-order valence-corrected chi connectivity index (χ1v) is 6.33. The number of alkyl halides is 3.